The summed E-state index contributed by atoms with van der Waals surface area (Å²) in [6, 6.07) is 10.4. The van der Waals surface area contributed by atoms with Crippen molar-refractivity contribution < 1.29 is 0 Å². The molecule has 1 rings (SSSR count). The third-order valence-electron chi connectivity index (χ3n) is 2.07. The maximum atomic E-state index is 3.39. The zero-order valence-electron chi connectivity index (χ0n) is 9.28. The number of rotatable bonds is 7. The van der Waals surface area contributed by atoms with Gasteiger partial charge >= 0.3 is 0 Å². The normalized spacial score (nSPS) is 11.0. The smallest absolute Gasteiger partial charge is 0.0138 e. The second-order valence-electron chi connectivity index (χ2n) is 3.36. The van der Waals surface area contributed by atoms with Crippen molar-refractivity contribution in [2.24, 2.45) is 0 Å². The summed E-state index contributed by atoms with van der Waals surface area (Å²) >= 11 is 1.90. The molecule has 2 heteroatoms. The second kappa shape index (κ2) is 8.57. The first-order chi connectivity index (χ1) is 7.43. The van der Waals surface area contributed by atoms with Crippen molar-refractivity contribution in [2.75, 3.05) is 25.1 Å². The first kappa shape index (κ1) is 12.3. The van der Waals surface area contributed by atoms with Crippen LogP contribution in [0, 0.1) is 0 Å². The van der Waals surface area contributed by atoms with Crippen LogP contribution in [0.15, 0.2) is 36.4 Å². The average Bonchev–Trinajstić information content (AvgIpc) is 2.29. The lowest BCUT2D eigenvalue weighted by molar-refractivity contribution is 0.735. The van der Waals surface area contributed by atoms with Crippen LogP contribution < -0.4 is 5.32 Å². The largest absolute Gasteiger partial charge is 0.313 e. The SMILES string of the molecule is CSCCCNCC=Cc1ccccc1. The van der Waals surface area contributed by atoms with Gasteiger partial charge in [-0.3, -0.25) is 0 Å². The Morgan fingerprint density at radius 3 is 2.80 bits per heavy atom. The van der Waals surface area contributed by atoms with Gasteiger partial charge in [-0.15, -0.1) is 0 Å². The molecule has 0 saturated heterocycles. The van der Waals surface area contributed by atoms with Gasteiger partial charge in [0.1, 0.15) is 0 Å². The fourth-order valence-electron chi connectivity index (χ4n) is 1.29. The highest BCUT2D eigenvalue weighted by Gasteiger charge is 1.85. The minimum atomic E-state index is 0.962. The lowest BCUT2D eigenvalue weighted by Gasteiger charge is -1.99. The molecule has 0 amide bonds. The molecule has 82 valence electrons. The fraction of sp³-hybridized carbons (Fsp3) is 0.385. The van der Waals surface area contributed by atoms with Crippen LogP contribution in [0.4, 0.5) is 0 Å². The fourth-order valence-corrected chi connectivity index (χ4v) is 1.72. The van der Waals surface area contributed by atoms with Gasteiger partial charge in [-0.2, -0.15) is 11.8 Å². The minimum Gasteiger partial charge on any atom is -0.313 e. The molecule has 0 saturated carbocycles. The van der Waals surface area contributed by atoms with E-state index in [1.165, 1.54) is 17.7 Å². The highest BCUT2D eigenvalue weighted by Crippen LogP contribution is 2.00. The van der Waals surface area contributed by atoms with Crippen LogP contribution in [0.5, 0.6) is 0 Å². The Labute approximate surface area is 97.0 Å². The summed E-state index contributed by atoms with van der Waals surface area (Å²) in [7, 11) is 0. The third kappa shape index (κ3) is 6.37. The van der Waals surface area contributed by atoms with E-state index in [4.69, 9.17) is 0 Å². The molecule has 1 aromatic rings. The van der Waals surface area contributed by atoms with Crippen LogP contribution >= 0.6 is 11.8 Å². The molecular weight excluding hydrogens is 202 g/mol. The molecule has 0 fully saturated rings. The van der Waals surface area contributed by atoms with E-state index in [0.29, 0.717) is 0 Å². The summed E-state index contributed by atoms with van der Waals surface area (Å²) in [6.45, 7) is 2.07. The molecule has 0 spiro atoms. The van der Waals surface area contributed by atoms with E-state index in [0.717, 1.165) is 13.1 Å². The number of hydrogen-bond acceptors (Lipinski definition) is 2. The Morgan fingerprint density at radius 2 is 2.07 bits per heavy atom. The molecular formula is C13H19NS. The molecule has 1 nitrogen and oxygen atoms in total. The summed E-state index contributed by atoms with van der Waals surface area (Å²) in [5.74, 6) is 1.25. The maximum Gasteiger partial charge on any atom is 0.0138 e. The van der Waals surface area contributed by atoms with Gasteiger partial charge in [0.15, 0.2) is 0 Å². The van der Waals surface area contributed by atoms with Crippen LogP contribution in [0.25, 0.3) is 6.08 Å². The standard InChI is InChI=1S/C13H19NS/c1-15-12-6-11-14-10-5-9-13-7-3-2-4-8-13/h2-5,7-9,14H,6,10-12H2,1H3. The number of hydrogen-bond donors (Lipinski definition) is 1. The molecule has 0 aliphatic carbocycles. The topological polar surface area (TPSA) is 12.0 Å². The zero-order chi connectivity index (χ0) is 10.8. The second-order valence-corrected chi connectivity index (χ2v) is 4.35. The predicted octanol–water partition coefficient (Wildman–Crippen LogP) is 3.04. The van der Waals surface area contributed by atoms with Gasteiger partial charge in [0.05, 0.1) is 0 Å². The van der Waals surface area contributed by atoms with Crippen molar-refractivity contribution in [3.63, 3.8) is 0 Å². The van der Waals surface area contributed by atoms with Gasteiger partial charge in [0.25, 0.3) is 0 Å². The lowest BCUT2D eigenvalue weighted by atomic mass is 10.2. The predicted molar refractivity (Wildman–Crippen MR) is 71.3 cm³/mol. The van der Waals surface area contributed by atoms with Crippen LogP contribution in [-0.4, -0.2) is 25.1 Å². The van der Waals surface area contributed by atoms with Gasteiger partial charge in [0, 0.05) is 6.54 Å². The summed E-state index contributed by atoms with van der Waals surface area (Å²) < 4.78 is 0. The number of thioether (sulfide) groups is 1. The van der Waals surface area contributed by atoms with Crippen molar-refractivity contribution in [2.45, 2.75) is 6.42 Å². The van der Waals surface area contributed by atoms with Gasteiger partial charge in [-0.05, 0) is 30.5 Å². The monoisotopic (exact) mass is 221 g/mol. The summed E-state index contributed by atoms with van der Waals surface area (Å²) in [5.41, 5.74) is 1.27. The van der Waals surface area contributed by atoms with Crippen molar-refractivity contribution in [3.05, 3.63) is 42.0 Å². The van der Waals surface area contributed by atoms with E-state index < -0.39 is 0 Å². The third-order valence-corrected chi connectivity index (χ3v) is 2.77. The molecule has 0 radical (unpaired) electrons. The Bertz CT molecular complexity index is 269. The minimum absolute atomic E-state index is 0.962. The highest BCUT2D eigenvalue weighted by atomic mass is 32.2. The van der Waals surface area contributed by atoms with E-state index in [-0.39, 0.29) is 0 Å². The molecule has 15 heavy (non-hydrogen) atoms. The zero-order valence-corrected chi connectivity index (χ0v) is 10.1. The molecule has 0 aliphatic heterocycles. The molecule has 0 heterocycles. The number of benzene rings is 1. The Morgan fingerprint density at radius 1 is 1.27 bits per heavy atom. The Kier molecular flexibility index (Phi) is 7.05. The molecule has 0 unspecified atom stereocenters. The molecule has 0 aliphatic rings. The van der Waals surface area contributed by atoms with Crippen molar-refractivity contribution >= 4 is 17.8 Å². The van der Waals surface area contributed by atoms with E-state index in [9.17, 15) is 0 Å². The van der Waals surface area contributed by atoms with Gasteiger partial charge in [-0.1, -0.05) is 42.5 Å². The van der Waals surface area contributed by atoms with Crippen LogP contribution in [0.2, 0.25) is 0 Å². The molecule has 0 aromatic heterocycles. The van der Waals surface area contributed by atoms with Crippen molar-refractivity contribution in [3.8, 4) is 0 Å². The Balaban J connectivity index is 2.07. The van der Waals surface area contributed by atoms with E-state index in [2.05, 4.69) is 48.0 Å². The molecule has 0 bridgehead atoms. The first-order valence-corrected chi connectivity index (χ1v) is 6.74. The number of nitrogens with one attached hydrogen (secondary N) is 1. The molecule has 0 atom stereocenters. The average molecular weight is 221 g/mol. The summed E-state index contributed by atoms with van der Waals surface area (Å²) in [6.07, 6.45) is 7.73. The maximum absolute atomic E-state index is 3.39. The van der Waals surface area contributed by atoms with Crippen LogP contribution in [0.1, 0.15) is 12.0 Å². The summed E-state index contributed by atoms with van der Waals surface area (Å²) in [4.78, 5) is 0. The van der Waals surface area contributed by atoms with Gasteiger partial charge in [-0.25, -0.2) is 0 Å². The first-order valence-electron chi connectivity index (χ1n) is 5.34. The van der Waals surface area contributed by atoms with Crippen LogP contribution in [0.3, 0.4) is 0 Å². The molecule has 1 N–H and O–H groups in total. The molecule has 1 aromatic carbocycles. The summed E-state index contributed by atoms with van der Waals surface area (Å²) in [5, 5.41) is 3.39. The van der Waals surface area contributed by atoms with E-state index in [1.54, 1.807) is 0 Å². The van der Waals surface area contributed by atoms with Crippen LogP contribution in [-0.2, 0) is 0 Å². The lowest BCUT2D eigenvalue weighted by Crippen LogP contribution is -2.15. The Hall–Kier alpha value is -0.730. The van der Waals surface area contributed by atoms with Crippen molar-refractivity contribution in [1.82, 2.24) is 5.32 Å². The highest BCUT2D eigenvalue weighted by molar-refractivity contribution is 7.98. The van der Waals surface area contributed by atoms with Gasteiger partial charge in [0.2, 0.25) is 0 Å². The quantitative estimate of drug-likeness (QED) is 0.710. The van der Waals surface area contributed by atoms with Crippen molar-refractivity contribution in [1.29, 1.82) is 0 Å². The van der Waals surface area contributed by atoms with Gasteiger partial charge < -0.3 is 5.32 Å². The van der Waals surface area contributed by atoms with E-state index in [1.807, 2.05) is 17.8 Å². The van der Waals surface area contributed by atoms with E-state index >= 15 is 0 Å².